The van der Waals surface area contributed by atoms with Crippen LogP contribution < -0.4 is 0 Å². The lowest BCUT2D eigenvalue weighted by atomic mass is 10.0. The third-order valence-corrected chi connectivity index (χ3v) is 2.98. The number of aliphatic hydroxyl groups is 1. The quantitative estimate of drug-likeness (QED) is 0.712. The van der Waals surface area contributed by atoms with E-state index in [1.165, 1.54) is 0 Å². The second-order valence-corrected chi connectivity index (χ2v) is 4.58. The summed E-state index contributed by atoms with van der Waals surface area (Å²) in [5.74, 6) is 0.668. The molecule has 0 saturated heterocycles. The normalized spacial score (nSPS) is 19.2. The van der Waals surface area contributed by atoms with E-state index in [1.54, 1.807) is 0 Å². The fraction of sp³-hybridized carbons (Fsp3) is 1.00. The van der Waals surface area contributed by atoms with Crippen LogP contribution in [0.3, 0.4) is 0 Å². The summed E-state index contributed by atoms with van der Waals surface area (Å²) in [7, 11) is 2.14. The molecule has 0 radical (unpaired) electrons. The van der Waals surface area contributed by atoms with Crippen LogP contribution >= 0.6 is 0 Å². The molecule has 0 aliphatic carbocycles. The summed E-state index contributed by atoms with van der Waals surface area (Å²) >= 11 is 0. The Labute approximate surface area is 82.9 Å². The van der Waals surface area contributed by atoms with E-state index < -0.39 is 0 Å². The molecule has 2 heteroatoms. The first kappa shape index (κ1) is 12.9. The maximum Gasteiger partial charge on any atom is 0.0526 e. The van der Waals surface area contributed by atoms with Gasteiger partial charge in [0.05, 0.1) is 6.10 Å². The molecule has 0 amide bonds. The molecule has 13 heavy (non-hydrogen) atoms. The summed E-state index contributed by atoms with van der Waals surface area (Å²) < 4.78 is 0. The highest BCUT2D eigenvalue weighted by atomic mass is 16.3. The Morgan fingerprint density at radius 3 is 1.85 bits per heavy atom. The van der Waals surface area contributed by atoms with E-state index in [0.717, 1.165) is 6.42 Å². The second kappa shape index (κ2) is 5.61. The van der Waals surface area contributed by atoms with Crippen LogP contribution in [0, 0.1) is 5.92 Å². The van der Waals surface area contributed by atoms with Gasteiger partial charge in [-0.3, -0.25) is 0 Å². The lowest BCUT2D eigenvalue weighted by Crippen LogP contribution is -2.41. The van der Waals surface area contributed by atoms with Gasteiger partial charge in [-0.25, -0.2) is 0 Å². The molecule has 0 bridgehead atoms. The van der Waals surface area contributed by atoms with Gasteiger partial charge in [-0.2, -0.15) is 0 Å². The fourth-order valence-electron chi connectivity index (χ4n) is 1.53. The van der Waals surface area contributed by atoms with Gasteiger partial charge in [0.2, 0.25) is 0 Å². The van der Waals surface area contributed by atoms with E-state index in [4.69, 9.17) is 0 Å². The number of rotatable bonds is 5. The maximum atomic E-state index is 9.27. The molecule has 0 heterocycles. The van der Waals surface area contributed by atoms with Crippen LogP contribution in [0.4, 0.5) is 0 Å². The molecule has 0 saturated carbocycles. The van der Waals surface area contributed by atoms with Gasteiger partial charge in [0.1, 0.15) is 0 Å². The van der Waals surface area contributed by atoms with Crippen LogP contribution in [-0.2, 0) is 0 Å². The summed E-state index contributed by atoms with van der Waals surface area (Å²) in [5, 5.41) is 9.27. The average Bonchev–Trinajstić information content (AvgIpc) is 2.00. The smallest absolute Gasteiger partial charge is 0.0526 e. The third-order valence-electron chi connectivity index (χ3n) is 2.98. The minimum absolute atomic E-state index is 0.197. The topological polar surface area (TPSA) is 23.5 Å². The molecule has 3 unspecified atom stereocenters. The molecule has 80 valence electrons. The van der Waals surface area contributed by atoms with Gasteiger partial charge >= 0.3 is 0 Å². The SMILES string of the molecule is CC(O)CC(C)N(C)C(C)C(C)C. The summed E-state index contributed by atoms with van der Waals surface area (Å²) in [4.78, 5) is 2.34. The summed E-state index contributed by atoms with van der Waals surface area (Å²) in [6, 6.07) is 1.03. The monoisotopic (exact) mass is 187 g/mol. The van der Waals surface area contributed by atoms with E-state index in [0.29, 0.717) is 18.0 Å². The van der Waals surface area contributed by atoms with Gasteiger partial charge in [0.15, 0.2) is 0 Å². The molecule has 0 aromatic heterocycles. The number of nitrogens with zero attached hydrogens (tertiary/aromatic N) is 1. The van der Waals surface area contributed by atoms with Crippen molar-refractivity contribution >= 4 is 0 Å². The second-order valence-electron chi connectivity index (χ2n) is 4.58. The van der Waals surface area contributed by atoms with E-state index in [1.807, 2.05) is 6.92 Å². The summed E-state index contributed by atoms with van der Waals surface area (Å²) in [6.07, 6.45) is 0.657. The Morgan fingerprint density at radius 1 is 1.08 bits per heavy atom. The standard InChI is InChI=1S/C11H25NO/c1-8(2)11(5)12(6)9(3)7-10(4)13/h8-11,13H,7H2,1-6H3. The van der Waals surface area contributed by atoms with Crippen LogP contribution in [0.1, 0.15) is 41.0 Å². The van der Waals surface area contributed by atoms with E-state index >= 15 is 0 Å². The molecule has 3 atom stereocenters. The van der Waals surface area contributed by atoms with E-state index in [2.05, 4.69) is 39.6 Å². The van der Waals surface area contributed by atoms with Crippen molar-refractivity contribution in [3.63, 3.8) is 0 Å². The van der Waals surface area contributed by atoms with Gasteiger partial charge < -0.3 is 10.0 Å². The van der Waals surface area contributed by atoms with Crippen molar-refractivity contribution in [2.75, 3.05) is 7.05 Å². The highest BCUT2D eigenvalue weighted by Gasteiger charge is 2.19. The van der Waals surface area contributed by atoms with Crippen LogP contribution in [0.25, 0.3) is 0 Å². The van der Waals surface area contributed by atoms with Crippen molar-refractivity contribution in [2.45, 2.75) is 59.2 Å². The van der Waals surface area contributed by atoms with Gasteiger partial charge in [-0.05, 0) is 40.2 Å². The first-order valence-corrected chi connectivity index (χ1v) is 5.26. The highest BCUT2D eigenvalue weighted by molar-refractivity contribution is 4.73. The van der Waals surface area contributed by atoms with E-state index in [9.17, 15) is 5.11 Å². The third kappa shape index (κ3) is 4.63. The molecule has 2 nitrogen and oxygen atoms in total. The Morgan fingerprint density at radius 2 is 1.54 bits per heavy atom. The predicted octanol–water partition coefficient (Wildman–Crippen LogP) is 2.12. The predicted molar refractivity (Wildman–Crippen MR) is 57.8 cm³/mol. The van der Waals surface area contributed by atoms with Crippen LogP contribution in [0.5, 0.6) is 0 Å². The van der Waals surface area contributed by atoms with E-state index in [-0.39, 0.29) is 6.10 Å². The molecule has 0 fully saturated rings. The Kier molecular flexibility index (Phi) is 5.57. The van der Waals surface area contributed by atoms with Crippen molar-refractivity contribution < 1.29 is 5.11 Å². The highest BCUT2D eigenvalue weighted by Crippen LogP contribution is 2.14. The zero-order chi connectivity index (χ0) is 10.6. The number of hydrogen-bond acceptors (Lipinski definition) is 2. The minimum Gasteiger partial charge on any atom is -0.393 e. The molecular weight excluding hydrogens is 162 g/mol. The lowest BCUT2D eigenvalue weighted by Gasteiger charge is -2.33. The zero-order valence-electron chi connectivity index (χ0n) is 9.91. The van der Waals surface area contributed by atoms with Crippen molar-refractivity contribution in [1.29, 1.82) is 0 Å². The lowest BCUT2D eigenvalue weighted by molar-refractivity contribution is 0.0997. The molecule has 0 aliphatic heterocycles. The van der Waals surface area contributed by atoms with Crippen molar-refractivity contribution in [3.05, 3.63) is 0 Å². The molecule has 1 N–H and O–H groups in total. The van der Waals surface area contributed by atoms with Crippen molar-refractivity contribution in [2.24, 2.45) is 5.92 Å². The van der Waals surface area contributed by atoms with Gasteiger partial charge in [-0.15, -0.1) is 0 Å². The van der Waals surface area contributed by atoms with Gasteiger partial charge in [0.25, 0.3) is 0 Å². The molecule has 0 aromatic rings. The first-order chi connectivity index (χ1) is 5.86. The summed E-state index contributed by atoms with van der Waals surface area (Å²) in [5.41, 5.74) is 0. The molecule has 0 aromatic carbocycles. The van der Waals surface area contributed by atoms with Crippen molar-refractivity contribution in [3.8, 4) is 0 Å². The largest absolute Gasteiger partial charge is 0.393 e. The molecule has 0 rings (SSSR count). The zero-order valence-corrected chi connectivity index (χ0v) is 9.91. The molecule has 0 spiro atoms. The maximum absolute atomic E-state index is 9.27. The minimum atomic E-state index is -0.197. The fourth-order valence-corrected chi connectivity index (χ4v) is 1.53. The van der Waals surface area contributed by atoms with Crippen molar-refractivity contribution in [1.82, 2.24) is 4.90 Å². The van der Waals surface area contributed by atoms with Crippen LogP contribution in [0.2, 0.25) is 0 Å². The Balaban J connectivity index is 4.01. The number of hydrogen-bond donors (Lipinski definition) is 1. The van der Waals surface area contributed by atoms with Crippen LogP contribution in [-0.4, -0.2) is 35.2 Å². The summed E-state index contributed by atoms with van der Waals surface area (Å²) in [6.45, 7) is 10.7. The van der Waals surface area contributed by atoms with Crippen LogP contribution in [0.15, 0.2) is 0 Å². The Hall–Kier alpha value is -0.0800. The first-order valence-electron chi connectivity index (χ1n) is 5.26. The molecular formula is C11H25NO. The molecule has 0 aliphatic rings. The van der Waals surface area contributed by atoms with Gasteiger partial charge in [0, 0.05) is 12.1 Å². The number of aliphatic hydroxyl groups excluding tert-OH is 1. The van der Waals surface area contributed by atoms with Gasteiger partial charge in [-0.1, -0.05) is 13.8 Å². The Bertz CT molecular complexity index is 134. The average molecular weight is 187 g/mol.